The summed E-state index contributed by atoms with van der Waals surface area (Å²) in [6.07, 6.45) is 0. The van der Waals surface area contributed by atoms with Crippen LogP contribution in [0.5, 0.6) is 0 Å². The smallest absolute Gasteiger partial charge is 0.267 e. The Labute approximate surface area is 137 Å². The molecular weight excluding hydrogens is 387 g/mol. The first-order valence-electron chi connectivity index (χ1n) is 5.28. The van der Waals surface area contributed by atoms with Crippen LogP contribution < -0.4 is 10.9 Å². The van der Waals surface area contributed by atoms with E-state index in [-0.39, 0.29) is 10.6 Å². The molecule has 0 spiro atoms. The van der Waals surface area contributed by atoms with Crippen LogP contribution in [0.4, 0.5) is 0 Å². The first-order chi connectivity index (χ1) is 9.47. The van der Waals surface area contributed by atoms with Crippen molar-refractivity contribution in [2.24, 2.45) is 0 Å². The molecule has 0 saturated heterocycles. The Balaban J connectivity index is 2.00. The number of halogens is 3. The molecular formula is C12H7BrCl2N2O2S. The van der Waals surface area contributed by atoms with Crippen LogP contribution in [0, 0.1) is 0 Å². The highest BCUT2D eigenvalue weighted by atomic mass is 79.9. The number of hydrogen-bond donors (Lipinski definition) is 2. The van der Waals surface area contributed by atoms with Gasteiger partial charge in [0.2, 0.25) is 0 Å². The standard InChI is InChI=1S/C12H7BrCl2N2O2S/c13-10-4-3-9(20-10)12(19)17-16-11(18)7-2-1-6(14)5-8(7)15/h1-5H,(H,16,18)(H,17,19). The predicted octanol–water partition coefficient (Wildman–Crippen LogP) is 3.89. The monoisotopic (exact) mass is 392 g/mol. The molecule has 0 aliphatic heterocycles. The molecule has 2 aromatic rings. The highest BCUT2D eigenvalue weighted by Gasteiger charge is 2.13. The lowest BCUT2D eigenvalue weighted by Gasteiger charge is -2.07. The van der Waals surface area contributed by atoms with Crippen molar-refractivity contribution in [3.63, 3.8) is 0 Å². The molecule has 0 unspecified atom stereocenters. The van der Waals surface area contributed by atoms with Gasteiger partial charge in [-0.05, 0) is 46.3 Å². The summed E-state index contributed by atoms with van der Waals surface area (Å²) in [5, 5.41) is 0.641. The Morgan fingerprint density at radius 1 is 1.05 bits per heavy atom. The molecule has 4 nitrogen and oxygen atoms in total. The number of rotatable bonds is 2. The average Bonchev–Trinajstić information content (AvgIpc) is 2.82. The number of benzene rings is 1. The topological polar surface area (TPSA) is 58.2 Å². The molecule has 2 rings (SSSR count). The third-order valence-corrected chi connectivity index (χ3v) is 4.43. The molecule has 1 aromatic carbocycles. The lowest BCUT2D eigenvalue weighted by molar-refractivity contribution is 0.0849. The minimum atomic E-state index is -0.518. The number of amides is 2. The summed E-state index contributed by atoms with van der Waals surface area (Å²) >= 11 is 16.2. The maximum absolute atomic E-state index is 11.9. The predicted molar refractivity (Wildman–Crippen MR) is 83.4 cm³/mol. The molecule has 8 heteroatoms. The summed E-state index contributed by atoms with van der Waals surface area (Å²) in [7, 11) is 0. The van der Waals surface area contributed by atoms with Crippen LogP contribution in [0.15, 0.2) is 34.1 Å². The van der Waals surface area contributed by atoms with Crippen LogP contribution in [-0.2, 0) is 0 Å². The van der Waals surface area contributed by atoms with Crippen LogP contribution in [0.25, 0.3) is 0 Å². The Morgan fingerprint density at radius 2 is 1.75 bits per heavy atom. The summed E-state index contributed by atoms with van der Waals surface area (Å²) in [6, 6.07) is 7.87. The minimum Gasteiger partial charge on any atom is -0.267 e. The van der Waals surface area contributed by atoms with E-state index in [1.807, 2.05) is 0 Å². The van der Waals surface area contributed by atoms with E-state index in [2.05, 4.69) is 26.8 Å². The van der Waals surface area contributed by atoms with E-state index in [0.717, 1.165) is 3.79 Å². The third kappa shape index (κ3) is 3.73. The van der Waals surface area contributed by atoms with Crippen molar-refractivity contribution in [3.05, 3.63) is 54.6 Å². The van der Waals surface area contributed by atoms with Crippen LogP contribution in [-0.4, -0.2) is 11.8 Å². The van der Waals surface area contributed by atoms with Gasteiger partial charge in [0.05, 0.1) is 19.2 Å². The van der Waals surface area contributed by atoms with Crippen molar-refractivity contribution in [2.45, 2.75) is 0 Å². The average molecular weight is 394 g/mol. The van der Waals surface area contributed by atoms with Gasteiger partial charge < -0.3 is 0 Å². The van der Waals surface area contributed by atoms with Crippen molar-refractivity contribution in [2.75, 3.05) is 0 Å². The van der Waals surface area contributed by atoms with Gasteiger partial charge in [0.25, 0.3) is 11.8 Å². The SMILES string of the molecule is O=C(NNC(=O)c1ccc(Cl)cc1Cl)c1ccc(Br)s1. The van der Waals surface area contributed by atoms with Crippen LogP contribution in [0.1, 0.15) is 20.0 Å². The highest BCUT2D eigenvalue weighted by molar-refractivity contribution is 9.11. The number of carbonyl (C=O) groups excluding carboxylic acids is 2. The fourth-order valence-electron chi connectivity index (χ4n) is 1.35. The highest BCUT2D eigenvalue weighted by Crippen LogP contribution is 2.22. The number of hydrogen-bond acceptors (Lipinski definition) is 3. The van der Waals surface area contributed by atoms with Crippen molar-refractivity contribution < 1.29 is 9.59 Å². The Morgan fingerprint density at radius 3 is 2.35 bits per heavy atom. The van der Waals surface area contributed by atoms with Crippen LogP contribution in [0.3, 0.4) is 0 Å². The molecule has 0 atom stereocenters. The Kier molecular flexibility index (Phi) is 5.04. The normalized spacial score (nSPS) is 10.2. The first kappa shape index (κ1) is 15.3. The van der Waals surface area contributed by atoms with Gasteiger partial charge in [-0.1, -0.05) is 23.2 Å². The van der Waals surface area contributed by atoms with Crippen molar-refractivity contribution >= 4 is 62.3 Å². The summed E-state index contributed by atoms with van der Waals surface area (Å²) in [5.41, 5.74) is 4.83. The molecule has 104 valence electrons. The van der Waals surface area contributed by atoms with Crippen LogP contribution in [0.2, 0.25) is 10.0 Å². The van der Waals surface area contributed by atoms with Gasteiger partial charge in [-0.2, -0.15) is 0 Å². The van der Waals surface area contributed by atoms with E-state index in [1.165, 1.54) is 23.5 Å². The molecule has 0 fully saturated rings. The van der Waals surface area contributed by atoms with Gasteiger partial charge in [0.1, 0.15) is 0 Å². The largest absolute Gasteiger partial charge is 0.279 e. The second kappa shape index (κ2) is 6.58. The number of carbonyl (C=O) groups is 2. The molecule has 2 amide bonds. The van der Waals surface area contributed by atoms with E-state index in [9.17, 15) is 9.59 Å². The maximum atomic E-state index is 11.9. The second-order valence-electron chi connectivity index (χ2n) is 3.64. The fraction of sp³-hybridized carbons (Fsp3) is 0. The molecule has 0 bridgehead atoms. The summed E-state index contributed by atoms with van der Waals surface area (Å²) in [5.74, 6) is -0.922. The second-order valence-corrected chi connectivity index (χ2v) is 6.94. The van der Waals surface area contributed by atoms with Crippen molar-refractivity contribution in [1.29, 1.82) is 0 Å². The van der Waals surface area contributed by atoms with Gasteiger partial charge in [-0.3, -0.25) is 20.4 Å². The third-order valence-electron chi connectivity index (χ3n) is 2.26. The van der Waals surface area contributed by atoms with Gasteiger partial charge in [0.15, 0.2) is 0 Å². The lowest BCUT2D eigenvalue weighted by Crippen LogP contribution is -2.41. The summed E-state index contributed by atoms with van der Waals surface area (Å²) < 4.78 is 0.828. The number of hydrazine groups is 1. The first-order valence-corrected chi connectivity index (χ1v) is 7.65. The van der Waals surface area contributed by atoms with E-state index in [1.54, 1.807) is 18.2 Å². The molecule has 0 saturated carbocycles. The quantitative estimate of drug-likeness (QED) is 0.760. The number of nitrogens with one attached hydrogen (secondary N) is 2. The zero-order chi connectivity index (χ0) is 14.7. The molecule has 0 radical (unpaired) electrons. The molecule has 2 N–H and O–H groups in total. The molecule has 0 aliphatic carbocycles. The van der Waals surface area contributed by atoms with Gasteiger partial charge in [-0.25, -0.2) is 0 Å². The van der Waals surface area contributed by atoms with Gasteiger partial charge in [0, 0.05) is 5.02 Å². The molecule has 20 heavy (non-hydrogen) atoms. The van der Waals surface area contributed by atoms with Crippen molar-refractivity contribution in [1.82, 2.24) is 10.9 Å². The molecule has 0 aliphatic rings. The van der Waals surface area contributed by atoms with E-state index in [0.29, 0.717) is 9.90 Å². The van der Waals surface area contributed by atoms with E-state index in [4.69, 9.17) is 23.2 Å². The van der Waals surface area contributed by atoms with E-state index < -0.39 is 11.8 Å². The Hall–Kier alpha value is -1.08. The van der Waals surface area contributed by atoms with Gasteiger partial charge in [-0.15, -0.1) is 11.3 Å². The lowest BCUT2D eigenvalue weighted by atomic mass is 10.2. The summed E-state index contributed by atoms with van der Waals surface area (Å²) in [6.45, 7) is 0. The van der Waals surface area contributed by atoms with E-state index >= 15 is 0 Å². The zero-order valence-corrected chi connectivity index (χ0v) is 13.7. The Bertz CT molecular complexity index is 675. The number of thiophene rings is 1. The summed E-state index contributed by atoms with van der Waals surface area (Å²) in [4.78, 5) is 24.1. The zero-order valence-electron chi connectivity index (χ0n) is 9.75. The van der Waals surface area contributed by atoms with Gasteiger partial charge >= 0.3 is 0 Å². The molecule has 1 heterocycles. The molecule has 1 aromatic heterocycles. The fourth-order valence-corrected chi connectivity index (χ4v) is 3.13. The minimum absolute atomic E-state index is 0.211. The van der Waals surface area contributed by atoms with Crippen molar-refractivity contribution in [3.8, 4) is 0 Å². The maximum Gasteiger partial charge on any atom is 0.279 e. The van der Waals surface area contributed by atoms with Crippen LogP contribution >= 0.6 is 50.5 Å².